The summed E-state index contributed by atoms with van der Waals surface area (Å²) in [5.41, 5.74) is 0.814. The Morgan fingerprint density at radius 1 is 1.29 bits per heavy atom. The van der Waals surface area contributed by atoms with Gasteiger partial charge in [0, 0.05) is 5.56 Å². The van der Waals surface area contributed by atoms with Gasteiger partial charge >= 0.3 is 5.97 Å². The Hall–Kier alpha value is -1.77. The van der Waals surface area contributed by atoms with Gasteiger partial charge in [0.05, 0.1) is 12.7 Å². The lowest BCUT2D eigenvalue weighted by Crippen LogP contribution is -2.04. The van der Waals surface area contributed by atoms with Gasteiger partial charge in [0.25, 0.3) is 0 Å². The monoisotopic (exact) mass is 192 g/mol. The summed E-state index contributed by atoms with van der Waals surface area (Å²) in [4.78, 5) is 11.1. The Labute approximate surface area is 82.6 Å². The van der Waals surface area contributed by atoms with Gasteiger partial charge in [-0.15, -0.1) is 0 Å². The van der Waals surface area contributed by atoms with E-state index in [9.17, 15) is 9.90 Å². The lowest BCUT2D eigenvalue weighted by Gasteiger charge is -2.04. The minimum atomic E-state index is -0.522. The van der Waals surface area contributed by atoms with Crippen LogP contribution in [0.3, 0.4) is 0 Å². The molecule has 0 radical (unpaired) electrons. The van der Waals surface area contributed by atoms with Crippen LogP contribution in [0.5, 0.6) is 0 Å². The molecule has 0 aliphatic carbocycles. The van der Waals surface area contributed by atoms with Crippen LogP contribution >= 0.6 is 0 Å². The van der Waals surface area contributed by atoms with Gasteiger partial charge in [0.1, 0.15) is 5.76 Å². The number of methoxy groups -OCH3 is 1. The van der Waals surface area contributed by atoms with Crippen molar-refractivity contribution in [3.63, 3.8) is 0 Å². The zero-order valence-corrected chi connectivity index (χ0v) is 8.15. The average molecular weight is 192 g/mol. The highest BCUT2D eigenvalue weighted by atomic mass is 16.5. The Bertz CT molecular complexity index is 352. The van der Waals surface area contributed by atoms with Crippen LogP contribution in [0.2, 0.25) is 0 Å². The fraction of sp³-hybridized carbons (Fsp3) is 0.182. The normalized spacial score (nSPS) is 11.9. The lowest BCUT2D eigenvalue weighted by molar-refractivity contribution is -0.136. The highest BCUT2D eigenvalue weighted by Crippen LogP contribution is 2.15. The van der Waals surface area contributed by atoms with Crippen LogP contribution in [0, 0.1) is 0 Å². The van der Waals surface area contributed by atoms with Crippen molar-refractivity contribution in [2.24, 2.45) is 0 Å². The maximum atomic E-state index is 11.1. The number of rotatable bonds is 2. The standard InChI is InChI=1S/C11H12O3/c1-8(11(13)14-2)10(12)9-6-4-3-5-7-9/h3-7,12H,1-2H3/b10-8-. The van der Waals surface area contributed by atoms with Crippen molar-refractivity contribution >= 4 is 11.7 Å². The number of hydrogen-bond acceptors (Lipinski definition) is 3. The van der Waals surface area contributed by atoms with Gasteiger partial charge in [-0.2, -0.15) is 0 Å². The summed E-state index contributed by atoms with van der Waals surface area (Å²) < 4.78 is 4.50. The predicted molar refractivity (Wildman–Crippen MR) is 53.7 cm³/mol. The Morgan fingerprint density at radius 3 is 2.36 bits per heavy atom. The molecule has 0 aliphatic rings. The summed E-state index contributed by atoms with van der Waals surface area (Å²) in [6.45, 7) is 1.52. The summed E-state index contributed by atoms with van der Waals surface area (Å²) in [5, 5.41) is 9.67. The highest BCUT2D eigenvalue weighted by molar-refractivity contribution is 5.95. The van der Waals surface area contributed by atoms with Crippen LogP contribution in [-0.2, 0) is 9.53 Å². The zero-order chi connectivity index (χ0) is 10.6. The number of aliphatic hydroxyl groups is 1. The van der Waals surface area contributed by atoms with Gasteiger partial charge < -0.3 is 9.84 Å². The molecule has 14 heavy (non-hydrogen) atoms. The first-order valence-electron chi connectivity index (χ1n) is 4.20. The molecular weight excluding hydrogens is 180 g/mol. The van der Waals surface area contributed by atoms with E-state index in [1.165, 1.54) is 14.0 Å². The zero-order valence-electron chi connectivity index (χ0n) is 8.15. The van der Waals surface area contributed by atoms with Crippen molar-refractivity contribution in [2.45, 2.75) is 6.92 Å². The average Bonchev–Trinajstić information content (AvgIpc) is 2.27. The molecule has 0 unspecified atom stereocenters. The first kappa shape index (κ1) is 10.3. The van der Waals surface area contributed by atoms with E-state index in [4.69, 9.17) is 0 Å². The Kier molecular flexibility index (Phi) is 3.29. The van der Waals surface area contributed by atoms with Gasteiger partial charge in [-0.25, -0.2) is 4.79 Å². The van der Waals surface area contributed by atoms with E-state index in [-0.39, 0.29) is 11.3 Å². The molecule has 1 N–H and O–H groups in total. The largest absolute Gasteiger partial charge is 0.507 e. The van der Waals surface area contributed by atoms with Crippen molar-refractivity contribution < 1.29 is 14.6 Å². The number of esters is 1. The Morgan fingerprint density at radius 2 is 1.86 bits per heavy atom. The summed E-state index contributed by atoms with van der Waals surface area (Å²) in [6.07, 6.45) is 0. The maximum absolute atomic E-state index is 11.1. The van der Waals surface area contributed by atoms with E-state index in [1.807, 2.05) is 6.07 Å². The van der Waals surface area contributed by atoms with Crippen molar-refractivity contribution in [1.82, 2.24) is 0 Å². The van der Waals surface area contributed by atoms with Crippen molar-refractivity contribution in [3.8, 4) is 0 Å². The predicted octanol–water partition coefficient (Wildman–Crippen LogP) is 2.15. The van der Waals surface area contributed by atoms with Crippen molar-refractivity contribution in [2.75, 3.05) is 7.11 Å². The lowest BCUT2D eigenvalue weighted by atomic mass is 10.1. The number of hydrogen-bond donors (Lipinski definition) is 1. The van der Waals surface area contributed by atoms with Crippen LogP contribution < -0.4 is 0 Å². The van der Waals surface area contributed by atoms with E-state index >= 15 is 0 Å². The first-order chi connectivity index (χ1) is 6.66. The molecule has 3 nitrogen and oxygen atoms in total. The summed E-state index contributed by atoms with van der Waals surface area (Å²) in [7, 11) is 1.28. The molecule has 1 aromatic carbocycles. The van der Waals surface area contributed by atoms with Crippen LogP contribution in [0.1, 0.15) is 12.5 Å². The topological polar surface area (TPSA) is 46.5 Å². The van der Waals surface area contributed by atoms with E-state index in [0.29, 0.717) is 5.56 Å². The Balaban J connectivity index is 3.05. The summed E-state index contributed by atoms with van der Waals surface area (Å²) in [5.74, 6) is -0.566. The highest BCUT2D eigenvalue weighted by Gasteiger charge is 2.11. The smallest absolute Gasteiger partial charge is 0.337 e. The second kappa shape index (κ2) is 4.46. The second-order valence-corrected chi connectivity index (χ2v) is 2.83. The molecule has 0 amide bonds. The van der Waals surface area contributed by atoms with E-state index < -0.39 is 5.97 Å². The third-order valence-corrected chi connectivity index (χ3v) is 1.89. The van der Waals surface area contributed by atoms with E-state index in [2.05, 4.69) is 4.74 Å². The van der Waals surface area contributed by atoms with Gasteiger partial charge in [0.15, 0.2) is 0 Å². The number of carbonyl (C=O) groups is 1. The van der Waals surface area contributed by atoms with Crippen molar-refractivity contribution in [3.05, 3.63) is 41.5 Å². The van der Waals surface area contributed by atoms with Gasteiger partial charge in [-0.3, -0.25) is 0 Å². The minimum Gasteiger partial charge on any atom is -0.507 e. The van der Waals surface area contributed by atoms with E-state index in [0.717, 1.165) is 0 Å². The fourth-order valence-corrected chi connectivity index (χ4v) is 1.06. The molecule has 3 heteroatoms. The molecule has 0 bridgehead atoms. The molecule has 1 aromatic rings. The number of carbonyl (C=O) groups excluding carboxylic acids is 1. The third-order valence-electron chi connectivity index (χ3n) is 1.89. The molecule has 0 aromatic heterocycles. The minimum absolute atomic E-state index is 0.0440. The summed E-state index contributed by atoms with van der Waals surface area (Å²) >= 11 is 0. The third kappa shape index (κ3) is 2.13. The van der Waals surface area contributed by atoms with E-state index in [1.54, 1.807) is 24.3 Å². The SMILES string of the molecule is COC(=O)/C(C)=C(\O)c1ccccc1. The quantitative estimate of drug-likeness (QED) is 0.443. The molecule has 1 rings (SSSR count). The van der Waals surface area contributed by atoms with Crippen LogP contribution in [0.25, 0.3) is 5.76 Å². The molecule has 0 saturated heterocycles. The molecule has 0 atom stereocenters. The number of benzene rings is 1. The van der Waals surface area contributed by atoms with Gasteiger partial charge in [0.2, 0.25) is 0 Å². The number of aliphatic hydroxyl groups excluding tert-OH is 1. The molecule has 0 fully saturated rings. The molecule has 0 spiro atoms. The van der Waals surface area contributed by atoms with Gasteiger partial charge in [-0.1, -0.05) is 30.3 Å². The first-order valence-corrected chi connectivity index (χ1v) is 4.20. The van der Waals surface area contributed by atoms with Crippen LogP contribution in [0.4, 0.5) is 0 Å². The molecule has 74 valence electrons. The van der Waals surface area contributed by atoms with Crippen molar-refractivity contribution in [1.29, 1.82) is 0 Å². The maximum Gasteiger partial charge on any atom is 0.337 e. The van der Waals surface area contributed by atoms with Crippen LogP contribution in [0.15, 0.2) is 35.9 Å². The molecule has 0 aliphatic heterocycles. The molecule has 0 heterocycles. The number of ether oxygens (including phenoxy) is 1. The van der Waals surface area contributed by atoms with Crippen LogP contribution in [-0.4, -0.2) is 18.2 Å². The molecule has 0 saturated carbocycles. The summed E-state index contributed by atoms with van der Waals surface area (Å²) in [6, 6.07) is 8.86. The van der Waals surface area contributed by atoms with Gasteiger partial charge in [-0.05, 0) is 6.92 Å². The fourth-order valence-electron chi connectivity index (χ4n) is 1.06. The second-order valence-electron chi connectivity index (χ2n) is 2.83. The molecular formula is C11H12O3.